The molecular weight excluding hydrogens is 322 g/mol. The predicted octanol–water partition coefficient (Wildman–Crippen LogP) is 3.83. The summed E-state index contributed by atoms with van der Waals surface area (Å²) in [5, 5.41) is 3.15. The summed E-state index contributed by atoms with van der Waals surface area (Å²) in [6.45, 7) is 0. The molecule has 1 N–H and O–H groups in total. The maximum Gasteiger partial charge on any atom is 0.272 e. The van der Waals surface area contributed by atoms with Crippen molar-refractivity contribution < 1.29 is 9.18 Å². The Morgan fingerprint density at radius 2 is 2.17 bits per heavy atom. The van der Waals surface area contributed by atoms with E-state index in [1.165, 1.54) is 18.2 Å². The minimum absolute atomic E-state index is 0.296. The van der Waals surface area contributed by atoms with Gasteiger partial charge in [0.1, 0.15) is 11.5 Å². The van der Waals surface area contributed by atoms with Crippen molar-refractivity contribution in [2.45, 2.75) is 0 Å². The number of benzene rings is 1. The SMILES string of the molecule is Cn1cc(Cl)cc1C(=O)Nc1ccc(F)c(Br)c1. The Kier molecular flexibility index (Phi) is 3.73. The first-order valence-corrected chi connectivity index (χ1v) is 6.23. The lowest BCUT2D eigenvalue weighted by Crippen LogP contribution is -2.15. The average Bonchev–Trinajstić information content (AvgIpc) is 2.63. The first-order chi connectivity index (χ1) is 8.47. The van der Waals surface area contributed by atoms with Gasteiger partial charge < -0.3 is 9.88 Å². The van der Waals surface area contributed by atoms with Gasteiger partial charge in [-0.2, -0.15) is 0 Å². The number of carbonyl (C=O) groups is 1. The molecule has 0 radical (unpaired) electrons. The van der Waals surface area contributed by atoms with Gasteiger partial charge in [-0.15, -0.1) is 0 Å². The van der Waals surface area contributed by atoms with E-state index < -0.39 is 0 Å². The summed E-state index contributed by atoms with van der Waals surface area (Å²) in [7, 11) is 1.72. The van der Waals surface area contributed by atoms with Gasteiger partial charge in [-0.05, 0) is 40.2 Å². The van der Waals surface area contributed by atoms with Gasteiger partial charge in [0.15, 0.2) is 0 Å². The summed E-state index contributed by atoms with van der Waals surface area (Å²) in [5.41, 5.74) is 0.936. The van der Waals surface area contributed by atoms with Gasteiger partial charge in [-0.1, -0.05) is 11.6 Å². The van der Waals surface area contributed by atoms with Gasteiger partial charge in [0.25, 0.3) is 5.91 Å². The number of nitrogens with zero attached hydrogens (tertiary/aromatic N) is 1. The summed E-state index contributed by atoms with van der Waals surface area (Å²) < 4.78 is 15.0. The predicted molar refractivity (Wildman–Crippen MR) is 72.5 cm³/mol. The molecule has 0 bridgehead atoms. The van der Waals surface area contributed by atoms with Gasteiger partial charge in [0.05, 0.1) is 9.50 Å². The molecular formula is C12H9BrClFN2O. The third-order valence-electron chi connectivity index (χ3n) is 2.38. The third kappa shape index (κ3) is 2.73. The Morgan fingerprint density at radius 1 is 1.44 bits per heavy atom. The Balaban J connectivity index is 2.21. The normalized spacial score (nSPS) is 10.4. The van der Waals surface area contributed by atoms with Crippen molar-refractivity contribution in [1.29, 1.82) is 0 Å². The van der Waals surface area contributed by atoms with E-state index in [1.807, 2.05) is 0 Å². The van der Waals surface area contributed by atoms with Gasteiger partial charge in [-0.3, -0.25) is 4.79 Å². The van der Waals surface area contributed by atoms with Gasteiger partial charge in [0, 0.05) is 18.9 Å². The molecule has 0 saturated heterocycles. The van der Waals surface area contributed by atoms with Crippen molar-refractivity contribution in [3.63, 3.8) is 0 Å². The van der Waals surface area contributed by atoms with E-state index in [0.29, 0.717) is 20.9 Å². The van der Waals surface area contributed by atoms with Crippen LogP contribution in [0.2, 0.25) is 5.02 Å². The molecule has 0 saturated carbocycles. The lowest BCUT2D eigenvalue weighted by atomic mass is 10.3. The van der Waals surface area contributed by atoms with E-state index in [9.17, 15) is 9.18 Å². The Morgan fingerprint density at radius 3 is 2.72 bits per heavy atom. The first-order valence-electron chi connectivity index (χ1n) is 5.05. The number of carbonyl (C=O) groups excluding carboxylic acids is 1. The first kappa shape index (κ1) is 13.1. The molecule has 0 aliphatic carbocycles. The summed E-state index contributed by atoms with van der Waals surface area (Å²) in [6.07, 6.45) is 1.64. The third-order valence-corrected chi connectivity index (χ3v) is 3.20. The number of aromatic nitrogens is 1. The van der Waals surface area contributed by atoms with Crippen LogP contribution in [-0.4, -0.2) is 10.5 Å². The molecule has 0 fully saturated rings. The smallest absolute Gasteiger partial charge is 0.272 e. The maximum absolute atomic E-state index is 13.0. The van der Waals surface area contributed by atoms with E-state index in [-0.39, 0.29) is 11.7 Å². The fraction of sp³-hybridized carbons (Fsp3) is 0.0833. The lowest BCUT2D eigenvalue weighted by Gasteiger charge is -2.06. The zero-order valence-corrected chi connectivity index (χ0v) is 11.7. The second kappa shape index (κ2) is 5.12. The van der Waals surface area contributed by atoms with Crippen LogP contribution in [0.1, 0.15) is 10.5 Å². The summed E-state index contributed by atoms with van der Waals surface area (Å²) in [4.78, 5) is 11.9. The molecule has 2 rings (SSSR count). The van der Waals surface area contributed by atoms with Gasteiger partial charge in [-0.25, -0.2) is 4.39 Å². The zero-order chi connectivity index (χ0) is 13.3. The van der Waals surface area contributed by atoms with E-state index in [1.54, 1.807) is 23.9 Å². The maximum atomic E-state index is 13.0. The molecule has 6 heteroatoms. The van der Waals surface area contributed by atoms with Crippen molar-refractivity contribution in [2.75, 3.05) is 5.32 Å². The largest absolute Gasteiger partial charge is 0.345 e. The van der Waals surface area contributed by atoms with Crippen LogP contribution in [0.3, 0.4) is 0 Å². The highest BCUT2D eigenvalue weighted by atomic mass is 79.9. The molecule has 0 aliphatic heterocycles. The van der Waals surface area contributed by atoms with Crippen molar-refractivity contribution >= 4 is 39.1 Å². The van der Waals surface area contributed by atoms with E-state index in [4.69, 9.17) is 11.6 Å². The van der Waals surface area contributed by atoms with Crippen molar-refractivity contribution in [3.05, 3.63) is 51.5 Å². The monoisotopic (exact) mass is 330 g/mol. The van der Waals surface area contributed by atoms with Gasteiger partial charge >= 0.3 is 0 Å². The Hall–Kier alpha value is -1.33. The molecule has 0 spiro atoms. The number of nitrogens with one attached hydrogen (secondary N) is 1. The summed E-state index contributed by atoms with van der Waals surface area (Å²) in [6, 6.07) is 5.83. The highest BCUT2D eigenvalue weighted by molar-refractivity contribution is 9.10. The van der Waals surface area contributed by atoms with Crippen LogP contribution in [0.5, 0.6) is 0 Å². The quantitative estimate of drug-likeness (QED) is 0.891. The highest BCUT2D eigenvalue weighted by Crippen LogP contribution is 2.21. The Bertz CT molecular complexity index is 612. The number of hydrogen-bond donors (Lipinski definition) is 1. The zero-order valence-electron chi connectivity index (χ0n) is 9.38. The second-order valence-electron chi connectivity index (χ2n) is 3.74. The van der Waals surface area contributed by atoms with Crippen LogP contribution in [0.25, 0.3) is 0 Å². The van der Waals surface area contributed by atoms with Crippen LogP contribution in [0, 0.1) is 5.82 Å². The minimum atomic E-state index is -0.380. The number of amides is 1. The molecule has 1 amide bonds. The molecule has 0 atom stereocenters. The molecule has 2 aromatic rings. The number of halogens is 3. The number of hydrogen-bond acceptors (Lipinski definition) is 1. The molecule has 1 aromatic heterocycles. The minimum Gasteiger partial charge on any atom is -0.345 e. The van der Waals surface area contributed by atoms with Crippen LogP contribution in [-0.2, 0) is 7.05 Å². The van der Waals surface area contributed by atoms with Crippen LogP contribution >= 0.6 is 27.5 Å². The molecule has 0 unspecified atom stereocenters. The summed E-state index contributed by atoms with van der Waals surface area (Å²) >= 11 is 8.86. The van der Waals surface area contributed by atoms with Crippen molar-refractivity contribution in [1.82, 2.24) is 4.57 Å². The molecule has 1 aromatic carbocycles. The van der Waals surface area contributed by atoms with Gasteiger partial charge in [0.2, 0.25) is 0 Å². The molecule has 18 heavy (non-hydrogen) atoms. The van der Waals surface area contributed by atoms with E-state index in [2.05, 4.69) is 21.2 Å². The number of anilines is 1. The van der Waals surface area contributed by atoms with Crippen LogP contribution < -0.4 is 5.32 Å². The van der Waals surface area contributed by atoms with Crippen molar-refractivity contribution in [2.24, 2.45) is 7.05 Å². The fourth-order valence-electron chi connectivity index (χ4n) is 1.52. The topological polar surface area (TPSA) is 34.0 Å². The fourth-order valence-corrected chi connectivity index (χ4v) is 2.15. The lowest BCUT2D eigenvalue weighted by molar-refractivity contribution is 0.101. The van der Waals surface area contributed by atoms with Crippen LogP contribution in [0.4, 0.5) is 10.1 Å². The van der Waals surface area contributed by atoms with E-state index in [0.717, 1.165) is 0 Å². The molecule has 1 heterocycles. The number of aryl methyl sites for hydroxylation is 1. The Labute approximate surface area is 117 Å². The molecule has 3 nitrogen and oxygen atoms in total. The standard InChI is InChI=1S/C12H9BrClFN2O/c1-17-6-7(14)4-11(17)12(18)16-8-2-3-10(15)9(13)5-8/h2-6H,1H3,(H,16,18). The second-order valence-corrected chi connectivity index (χ2v) is 5.03. The van der Waals surface area contributed by atoms with E-state index >= 15 is 0 Å². The number of rotatable bonds is 2. The van der Waals surface area contributed by atoms with Crippen LogP contribution in [0.15, 0.2) is 34.9 Å². The molecule has 94 valence electrons. The highest BCUT2D eigenvalue weighted by Gasteiger charge is 2.12. The van der Waals surface area contributed by atoms with Crippen molar-refractivity contribution in [3.8, 4) is 0 Å². The molecule has 0 aliphatic rings. The average molecular weight is 332 g/mol. The summed E-state index contributed by atoms with van der Waals surface area (Å²) in [5.74, 6) is -0.683.